The molecule has 0 spiro atoms. The monoisotopic (exact) mass is 391 g/mol. The first-order valence-corrected chi connectivity index (χ1v) is 9.98. The molecule has 1 saturated carbocycles. The van der Waals surface area contributed by atoms with Gasteiger partial charge in [-0.1, -0.05) is 29.8 Å². The van der Waals surface area contributed by atoms with Gasteiger partial charge in [-0.3, -0.25) is 14.4 Å². The molecule has 2 N–H and O–H groups in total. The van der Waals surface area contributed by atoms with Crippen molar-refractivity contribution in [2.75, 3.05) is 11.4 Å². The second kappa shape index (κ2) is 7.70. The molecule has 2 fully saturated rings. The van der Waals surface area contributed by atoms with Crippen LogP contribution in [0.3, 0.4) is 0 Å². The van der Waals surface area contributed by atoms with E-state index in [2.05, 4.69) is 0 Å². The highest BCUT2D eigenvalue weighted by atomic mass is 16.2. The summed E-state index contributed by atoms with van der Waals surface area (Å²) in [6, 6.07) is 15.1. The van der Waals surface area contributed by atoms with Crippen molar-refractivity contribution in [2.24, 2.45) is 11.7 Å². The molecule has 4 rings (SSSR count). The van der Waals surface area contributed by atoms with Gasteiger partial charge in [-0.2, -0.15) is 0 Å². The van der Waals surface area contributed by atoms with Crippen molar-refractivity contribution in [1.82, 2.24) is 4.90 Å². The van der Waals surface area contributed by atoms with Crippen molar-refractivity contribution in [1.29, 1.82) is 0 Å². The van der Waals surface area contributed by atoms with Crippen LogP contribution in [0.2, 0.25) is 0 Å². The van der Waals surface area contributed by atoms with Gasteiger partial charge in [0.1, 0.15) is 0 Å². The zero-order valence-corrected chi connectivity index (χ0v) is 16.5. The summed E-state index contributed by atoms with van der Waals surface area (Å²) in [6.45, 7) is 2.91. The molecule has 1 aliphatic carbocycles. The fourth-order valence-electron chi connectivity index (χ4n) is 3.83. The highest BCUT2D eigenvalue weighted by molar-refractivity contribution is 6.00. The van der Waals surface area contributed by atoms with E-state index in [4.69, 9.17) is 5.73 Å². The molecule has 6 nitrogen and oxygen atoms in total. The third-order valence-corrected chi connectivity index (χ3v) is 5.68. The van der Waals surface area contributed by atoms with Crippen LogP contribution in [-0.2, 0) is 16.1 Å². The molecule has 0 radical (unpaired) electrons. The van der Waals surface area contributed by atoms with Gasteiger partial charge in [0.25, 0.3) is 0 Å². The van der Waals surface area contributed by atoms with Crippen molar-refractivity contribution in [3.8, 4) is 0 Å². The molecule has 1 heterocycles. The first-order valence-electron chi connectivity index (χ1n) is 9.98. The van der Waals surface area contributed by atoms with Gasteiger partial charge < -0.3 is 15.5 Å². The molecule has 2 aliphatic rings. The molecule has 1 aliphatic heterocycles. The van der Waals surface area contributed by atoms with Crippen LogP contribution in [-0.4, -0.2) is 35.2 Å². The Bertz CT molecular complexity index is 933. The summed E-state index contributed by atoms with van der Waals surface area (Å²) in [5, 5.41) is 0. The summed E-state index contributed by atoms with van der Waals surface area (Å²) in [7, 11) is 0. The van der Waals surface area contributed by atoms with Gasteiger partial charge >= 0.3 is 0 Å². The number of benzene rings is 2. The first kappa shape index (κ1) is 19.2. The second-order valence-corrected chi connectivity index (χ2v) is 8.00. The Balaban J connectivity index is 1.47. The van der Waals surface area contributed by atoms with E-state index in [0.29, 0.717) is 18.7 Å². The van der Waals surface area contributed by atoms with E-state index in [9.17, 15) is 14.4 Å². The van der Waals surface area contributed by atoms with Gasteiger partial charge in [-0.15, -0.1) is 0 Å². The van der Waals surface area contributed by atoms with Gasteiger partial charge in [-0.05, 0) is 49.6 Å². The van der Waals surface area contributed by atoms with E-state index in [-0.39, 0.29) is 30.2 Å². The number of anilines is 1. The predicted octanol–water partition coefficient (Wildman–Crippen LogP) is 2.64. The largest absolute Gasteiger partial charge is 0.366 e. The van der Waals surface area contributed by atoms with Crippen LogP contribution in [0.1, 0.15) is 40.7 Å². The zero-order valence-electron chi connectivity index (χ0n) is 16.5. The second-order valence-electron chi connectivity index (χ2n) is 8.00. The lowest BCUT2D eigenvalue weighted by Gasteiger charge is -2.26. The fourth-order valence-corrected chi connectivity index (χ4v) is 3.83. The molecule has 150 valence electrons. The first-order chi connectivity index (χ1) is 13.9. The molecule has 6 heteroatoms. The van der Waals surface area contributed by atoms with Crippen LogP contribution in [0, 0.1) is 12.8 Å². The van der Waals surface area contributed by atoms with Crippen LogP contribution >= 0.6 is 0 Å². The van der Waals surface area contributed by atoms with E-state index in [0.717, 1.165) is 29.7 Å². The normalized spacial score (nSPS) is 18.7. The number of hydrogen-bond donors (Lipinski definition) is 1. The molecule has 29 heavy (non-hydrogen) atoms. The SMILES string of the molecule is Cc1ccc(N2C[C@@H](C(=O)N(Cc3ccc(C(N)=O)cc3)C3CC3)CC2=O)cc1. The number of carbonyl (C=O) groups excluding carboxylic acids is 3. The highest BCUT2D eigenvalue weighted by Crippen LogP contribution is 2.33. The molecular formula is C23H25N3O3. The summed E-state index contributed by atoms with van der Waals surface area (Å²) < 4.78 is 0. The molecule has 0 aromatic heterocycles. The average Bonchev–Trinajstić information content (AvgIpc) is 3.48. The van der Waals surface area contributed by atoms with Crippen molar-refractivity contribution in [3.05, 3.63) is 65.2 Å². The molecule has 1 atom stereocenters. The molecule has 1 saturated heterocycles. The summed E-state index contributed by atoms with van der Waals surface area (Å²) in [5.74, 6) is -0.759. The molecular weight excluding hydrogens is 366 g/mol. The van der Waals surface area contributed by atoms with Crippen LogP contribution in [0.4, 0.5) is 5.69 Å². The van der Waals surface area contributed by atoms with Gasteiger partial charge in [0.15, 0.2) is 0 Å². The molecule has 0 unspecified atom stereocenters. The summed E-state index contributed by atoms with van der Waals surface area (Å²) in [6.07, 6.45) is 2.23. The van der Waals surface area contributed by atoms with E-state index in [1.165, 1.54) is 0 Å². The number of amides is 3. The summed E-state index contributed by atoms with van der Waals surface area (Å²) >= 11 is 0. The maximum Gasteiger partial charge on any atom is 0.248 e. The quantitative estimate of drug-likeness (QED) is 0.822. The van der Waals surface area contributed by atoms with E-state index in [1.807, 2.05) is 48.2 Å². The molecule has 2 aromatic carbocycles. The van der Waals surface area contributed by atoms with Crippen LogP contribution < -0.4 is 10.6 Å². The lowest BCUT2D eigenvalue weighted by Crippen LogP contribution is -2.38. The van der Waals surface area contributed by atoms with Gasteiger partial charge in [0.05, 0.1) is 5.92 Å². The zero-order chi connectivity index (χ0) is 20.5. The van der Waals surface area contributed by atoms with E-state index < -0.39 is 5.91 Å². The Hall–Kier alpha value is -3.15. The highest BCUT2D eigenvalue weighted by Gasteiger charge is 2.41. The van der Waals surface area contributed by atoms with E-state index in [1.54, 1.807) is 17.0 Å². The van der Waals surface area contributed by atoms with Crippen LogP contribution in [0.5, 0.6) is 0 Å². The minimum atomic E-state index is -0.465. The predicted molar refractivity (Wildman–Crippen MR) is 110 cm³/mol. The lowest BCUT2D eigenvalue weighted by atomic mass is 10.1. The van der Waals surface area contributed by atoms with Gasteiger partial charge in [0, 0.05) is 36.8 Å². The molecule has 2 aromatic rings. The minimum Gasteiger partial charge on any atom is -0.366 e. The Labute approximate surface area is 170 Å². The number of nitrogens with two attached hydrogens (primary N) is 1. The Morgan fingerprint density at radius 1 is 1.07 bits per heavy atom. The average molecular weight is 391 g/mol. The number of carbonyl (C=O) groups is 3. The van der Waals surface area contributed by atoms with E-state index >= 15 is 0 Å². The smallest absolute Gasteiger partial charge is 0.248 e. The number of hydrogen-bond acceptors (Lipinski definition) is 3. The number of primary amides is 1. The van der Waals surface area contributed by atoms with Crippen molar-refractivity contribution >= 4 is 23.4 Å². The summed E-state index contributed by atoms with van der Waals surface area (Å²) in [5.41, 5.74) is 8.68. The molecule has 0 bridgehead atoms. The molecule has 3 amide bonds. The fraction of sp³-hybridized carbons (Fsp3) is 0.348. The van der Waals surface area contributed by atoms with Crippen LogP contribution in [0.15, 0.2) is 48.5 Å². The Morgan fingerprint density at radius 3 is 2.31 bits per heavy atom. The number of nitrogens with zero attached hydrogens (tertiary/aromatic N) is 2. The third-order valence-electron chi connectivity index (χ3n) is 5.68. The van der Waals surface area contributed by atoms with Gasteiger partial charge in [-0.25, -0.2) is 0 Å². The number of aryl methyl sites for hydroxylation is 1. The van der Waals surface area contributed by atoms with Crippen molar-refractivity contribution < 1.29 is 14.4 Å². The summed E-state index contributed by atoms with van der Waals surface area (Å²) in [4.78, 5) is 40.7. The van der Waals surface area contributed by atoms with Crippen LogP contribution in [0.25, 0.3) is 0 Å². The Kier molecular flexibility index (Phi) is 5.09. The third kappa shape index (κ3) is 4.16. The van der Waals surface area contributed by atoms with Gasteiger partial charge in [0.2, 0.25) is 17.7 Å². The van der Waals surface area contributed by atoms with Crippen molar-refractivity contribution in [2.45, 2.75) is 38.8 Å². The maximum absolute atomic E-state index is 13.3. The lowest BCUT2D eigenvalue weighted by molar-refractivity contribution is -0.137. The topological polar surface area (TPSA) is 83.7 Å². The minimum absolute atomic E-state index is 0.00578. The van der Waals surface area contributed by atoms with Crippen molar-refractivity contribution in [3.63, 3.8) is 0 Å². The standard InChI is InChI=1S/C23H25N3O3/c1-15-2-8-19(9-3-15)25-14-18(12-21(25)27)23(29)26(20-10-11-20)13-16-4-6-17(7-5-16)22(24)28/h2-9,18,20H,10-14H2,1H3,(H2,24,28)/t18-/m0/s1. The number of rotatable bonds is 6. The maximum atomic E-state index is 13.3. The Morgan fingerprint density at radius 2 is 1.72 bits per heavy atom.